The number of carbonyl (C=O) groups is 2. The Bertz CT molecular complexity index is 361. The first-order chi connectivity index (χ1) is 9.11. The third kappa shape index (κ3) is 4.78. The van der Waals surface area contributed by atoms with Crippen molar-refractivity contribution in [3.63, 3.8) is 0 Å². The van der Waals surface area contributed by atoms with Gasteiger partial charge in [0, 0.05) is 33.1 Å². The molecule has 2 N–H and O–H groups in total. The first kappa shape index (κ1) is 17.0. The number of hydrogen-bond acceptors (Lipinski definition) is 3. The van der Waals surface area contributed by atoms with E-state index in [1.165, 1.54) is 0 Å². The van der Waals surface area contributed by atoms with Crippen molar-refractivity contribution in [1.82, 2.24) is 9.80 Å². The van der Waals surface area contributed by atoms with Gasteiger partial charge in [-0.2, -0.15) is 0 Å². The molecule has 0 aromatic carbocycles. The second kappa shape index (κ2) is 6.57. The third-order valence-corrected chi connectivity index (χ3v) is 3.61. The van der Waals surface area contributed by atoms with Crippen LogP contribution in [0.3, 0.4) is 0 Å². The number of hydrogen-bond donors (Lipinski definition) is 1. The van der Waals surface area contributed by atoms with Crippen LogP contribution < -0.4 is 5.73 Å². The fourth-order valence-corrected chi connectivity index (χ4v) is 2.82. The van der Waals surface area contributed by atoms with Crippen molar-refractivity contribution >= 4 is 11.8 Å². The predicted molar refractivity (Wildman–Crippen MR) is 80.1 cm³/mol. The van der Waals surface area contributed by atoms with Crippen LogP contribution in [0.15, 0.2) is 0 Å². The fourth-order valence-electron chi connectivity index (χ4n) is 2.82. The minimum atomic E-state index is -0.292. The molecule has 1 aliphatic heterocycles. The summed E-state index contributed by atoms with van der Waals surface area (Å²) in [6.07, 6.45) is 2.79. The molecule has 1 aliphatic rings. The highest BCUT2D eigenvalue weighted by Crippen LogP contribution is 2.24. The van der Waals surface area contributed by atoms with E-state index >= 15 is 0 Å². The Morgan fingerprint density at radius 1 is 1.35 bits per heavy atom. The molecule has 0 bridgehead atoms. The van der Waals surface area contributed by atoms with Crippen molar-refractivity contribution in [3.05, 3.63) is 0 Å². The second-order valence-corrected chi connectivity index (χ2v) is 7.21. The molecule has 0 spiro atoms. The molecule has 0 aromatic heterocycles. The maximum absolute atomic E-state index is 12.4. The number of likely N-dealkylation sites (N-methyl/N-ethyl adjacent to an activating group) is 1. The Morgan fingerprint density at radius 3 is 2.45 bits per heavy atom. The van der Waals surface area contributed by atoms with Gasteiger partial charge < -0.3 is 15.5 Å². The topological polar surface area (TPSA) is 66.6 Å². The molecular weight excluding hydrogens is 254 g/mol. The van der Waals surface area contributed by atoms with Gasteiger partial charge >= 0.3 is 0 Å². The normalized spacial score (nSPS) is 20.9. The van der Waals surface area contributed by atoms with Gasteiger partial charge in [0.15, 0.2) is 0 Å². The average molecular weight is 283 g/mol. The molecule has 2 unspecified atom stereocenters. The number of amides is 2. The van der Waals surface area contributed by atoms with Crippen molar-refractivity contribution < 1.29 is 9.59 Å². The van der Waals surface area contributed by atoms with E-state index in [-0.39, 0.29) is 29.3 Å². The van der Waals surface area contributed by atoms with Crippen molar-refractivity contribution in [2.75, 3.05) is 20.6 Å². The molecule has 0 aliphatic carbocycles. The maximum atomic E-state index is 12.4. The highest BCUT2D eigenvalue weighted by molar-refractivity contribution is 5.88. The summed E-state index contributed by atoms with van der Waals surface area (Å²) in [6, 6.07) is -0.433. The molecule has 2 amide bonds. The Morgan fingerprint density at radius 2 is 1.95 bits per heavy atom. The van der Waals surface area contributed by atoms with Crippen molar-refractivity contribution in [1.29, 1.82) is 0 Å². The van der Waals surface area contributed by atoms with Crippen LogP contribution in [0.25, 0.3) is 0 Å². The standard InChI is InChI=1S/C15H29N3O2/c1-15(2,3)10-11(16)9-13(19)18-8-6-7-12(18)14(20)17(4)5/h11-12H,6-10,16H2,1-5H3. The van der Waals surface area contributed by atoms with Crippen molar-refractivity contribution in [3.8, 4) is 0 Å². The zero-order valence-electron chi connectivity index (χ0n) is 13.5. The van der Waals surface area contributed by atoms with Gasteiger partial charge in [0.2, 0.25) is 11.8 Å². The summed E-state index contributed by atoms with van der Waals surface area (Å²) < 4.78 is 0. The number of likely N-dealkylation sites (tertiary alicyclic amines) is 1. The summed E-state index contributed by atoms with van der Waals surface area (Å²) >= 11 is 0. The van der Waals surface area contributed by atoms with E-state index in [2.05, 4.69) is 20.8 Å². The smallest absolute Gasteiger partial charge is 0.244 e. The molecule has 5 nitrogen and oxygen atoms in total. The molecule has 1 rings (SSSR count). The van der Waals surface area contributed by atoms with Crippen LogP contribution in [-0.2, 0) is 9.59 Å². The van der Waals surface area contributed by atoms with Crippen LogP contribution in [0.4, 0.5) is 0 Å². The number of rotatable bonds is 4. The van der Waals surface area contributed by atoms with E-state index in [9.17, 15) is 9.59 Å². The van der Waals surface area contributed by atoms with Crippen LogP contribution in [0, 0.1) is 5.41 Å². The molecule has 20 heavy (non-hydrogen) atoms. The van der Waals surface area contributed by atoms with Gasteiger partial charge in [-0.05, 0) is 24.7 Å². The number of carbonyl (C=O) groups excluding carboxylic acids is 2. The Hall–Kier alpha value is -1.10. The van der Waals surface area contributed by atoms with Gasteiger partial charge in [0.05, 0.1) is 0 Å². The van der Waals surface area contributed by atoms with Crippen LogP contribution >= 0.6 is 0 Å². The minimum Gasteiger partial charge on any atom is -0.347 e. The molecule has 0 radical (unpaired) electrons. The zero-order valence-corrected chi connectivity index (χ0v) is 13.5. The van der Waals surface area contributed by atoms with E-state index < -0.39 is 0 Å². The van der Waals surface area contributed by atoms with Crippen LogP contribution in [0.5, 0.6) is 0 Å². The molecule has 2 atom stereocenters. The highest BCUT2D eigenvalue weighted by atomic mass is 16.2. The largest absolute Gasteiger partial charge is 0.347 e. The average Bonchev–Trinajstić information content (AvgIpc) is 2.73. The molecule has 5 heteroatoms. The Kier molecular flexibility index (Phi) is 5.57. The zero-order chi connectivity index (χ0) is 15.5. The summed E-state index contributed by atoms with van der Waals surface area (Å²) in [5.74, 6) is 0.0275. The van der Waals surface area contributed by atoms with Crippen molar-refractivity contribution in [2.45, 2.75) is 58.5 Å². The van der Waals surface area contributed by atoms with Gasteiger partial charge in [0.1, 0.15) is 6.04 Å². The van der Waals surface area contributed by atoms with E-state index in [4.69, 9.17) is 5.73 Å². The lowest BCUT2D eigenvalue weighted by atomic mass is 9.87. The first-order valence-corrected chi connectivity index (χ1v) is 7.38. The number of nitrogens with two attached hydrogens (primary N) is 1. The first-order valence-electron chi connectivity index (χ1n) is 7.38. The molecule has 1 saturated heterocycles. The monoisotopic (exact) mass is 283 g/mol. The van der Waals surface area contributed by atoms with Crippen LogP contribution in [0.2, 0.25) is 0 Å². The van der Waals surface area contributed by atoms with Crippen molar-refractivity contribution in [2.24, 2.45) is 11.1 Å². The molecule has 116 valence electrons. The van der Waals surface area contributed by atoms with Gasteiger partial charge in [-0.1, -0.05) is 20.8 Å². The number of nitrogens with zero attached hydrogens (tertiary/aromatic N) is 2. The lowest BCUT2D eigenvalue weighted by molar-refractivity contribution is -0.142. The van der Waals surface area contributed by atoms with Crippen LogP contribution in [-0.4, -0.2) is 54.3 Å². The van der Waals surface area contributed by atoms with Gasteiger partial charge in [-0.25, -0.2) is 0 Å². The second-order valence-electron chi connectivity index (χ2n) is 7.21. The molecule has 0 aromatic rings. The SMILES string of the molecule is CN(C)C(=O)C1CCCN1C(=O)CC(N)CC(C)(C)C. The predicted octanol–water partition coefficient (Wildman–Crippen LogP) is 1.22. The Balaban J connectivity index is 2.60. The summed E-state index contributed by atoms with van der Waals surface area (Å²) in [5, 5.41) is 0. The van der Waals surface area contributed by atoms with Gasteiger partial charge in [-0.3, -0.25) is 9.59 Å². The molecule has 1 fully saturated rings. The minimum absolute atomic E-state index is 0.0134. The molecule has 1 heterocycles. The fraction of sp³-hybridized carbons (Fsp3) is 0.867. The quantitative estimate of drug-likeness (QED) is 0.843. The van der Waals surface area contributed by atoms with E-state index in [0.717, 1.165) is 19.3 Å². The van der Waals surface area contributed by atoms with E-state index in [0.29, 0.717) is 13.0 Å². The lowest BCUT2D eigenvalue weighted by Gasteiger charge is -2.28. The summed E-state index contributed by atoms with van der Waals surface area (Å²) in [6.45, 7) is 7.02. The molecule has 0 saturated carbocycles. The summed E-state index contributed by atoms with van der Waals surface area (Å²) in [7, 11) is 3.46. The highest BCUT2D eigenvalue weighted by Gasteiger charge is 2.35. The molecular formula is C15H29N3O2. The summed E-state index contributed by atoms with van der Waals surface area (Å²) in [5.41, 5.74) is 6.18. The lowest BCUT2D eigenvalue weighted by Crippen LogP contribution is -2.47. The third-order valence-electron chi connectivity index (χ3n) is 3.61. The summed E-state index contributed by atoms with van der Waals surface area (Å²) in [4.78, 5) is 27.7. The van der Waals surface area contributed by atoms with E-state index in [1.54, 1.807) is 23.9 Å². The maximum Gasteiger partial charge on any atom is 0.244 e. The van der Waals surface area contributed by atoms with Gasteiger partial charge in [0.25, 0.3) is 0 Å². The van der Waals surface area contributed by atoms with Crippen LogP contribution in [0.1, 0.15) is 46.5 Å². The van der Waals surface area contributed by atoms with E-state index in [1.807, 2.05) is 0 Å². The Labute approximate surface area is 122 Å². The van der Waals surface area contributed by atoms with Gasteiger partial charge in [-0.15, -0.1) is 0 Å².